The van der Waals surface area contributed by atoms with Crippen LogP contribution in [-0.2, 0) is 18.9 Å². The van der Waals surface area contributed by atoms with Crippen molar-refractivity contribution in [2.75, 3.05) is 28.4 Å². The Bertz CT molecular complexity index is 2520. The van der Waals surface area contributed by atoms with E-state index in [1.54, 1.807) is 48.5 Å². The van der Waals surface area contributed by atoms with Crippen LogP contribution in [-0.4, -0.2) is 52.3 Å². The maximum atomic E-state index is 11.8. The molecule has 8 rings (SSSR count). The van der Waals surface area contributed by atoms with Gasteiger partial charge >= 0.3 is 23.9 Å². The van der Waals surface area contributed by atoms with Gasteiger partial charge in [-0.1, -0.05) is 48.5 Å². The number of carbonyl (C=O) groups excluding carboxylic acids is 4. The standard InChI is InChI=1S/C26H18O6.C18H14O4S2/c1-29-25(27)17-7-9-21-19(11-17)13-23(31-21)15-3-5-16(6-4-15)24-14-20-12-18(26(28)30-2)8-10-22(20)32-24;1-21-17(19)15-9-7-13(23-15)11-3-5-12(6-4-11)14-8-10-16(24-14)18(20)22-2/h3-14H,1-2H3;3-10H,1-2H3. The van der Waals surface area contributed by atoms with Crippen molar-refractivity contribution in [2.45, 2.75) is 0 Å². The van der Waals surface area contributed by atoms with Crippen LogP contribution in [0.1, 0.15) is 40.1 Å². The number of hydrogen-bond acceptors (Lipinski definition) is 12. The number of fused-ring (bicyclic) bond motifs is 2. The Labute approximate surface area is 328 Å². The van der Waals surface area contributed by atoms with Crippen molar-refractivity contribution in [3.63, 3.8) is 0 Å². The first kappa shape index (κ1) is 37.6. The van der Waals surface area contributed by atoms with Gasteiger partial charge in [0.2, 0.25) is 0 Å². The number of rotatable bonds is 8. The minimum Gasteiger partial charge on any atom is -0.465 e. The first-order valence-corrected chi connectivity index (χ1v) is 18.6. The fourth-order valence-electron chi connectivity index (χ4n) is 5.87. The number of hydrogen-bond donors (Lipinski definition) is 0. The minimum atomic E-state index is -0.386. The molecular formula is C44H32O10S2. The van der Waals surface area contributed by atoms with Crippen LogP contribution in [0.15, 0.2) is 130 Å². The number of furan rings is 2. The SMILES string of the molecule is COC(=O)c1ccc(-c2ccc(-c3ccc(C(=O)OC)s3)cc2)s1.COC(=O)c1ccc2oc(-c3ccc(-c4cc5cc(C(=O)OC)ccc5o4)cc3)cc2c1. The van der Waals surface area contributed by atoms with Crippen LogP contribution in [0.25, 0.3) is 65.5 Å². The Morgan fingerprint density at radius 1 is 0.411 bits per heavy atom. The maximum absolute atomic E-state index is 11.8. The van der Waals surface area contributed by atoms with Crippen molar-refractivity contribution in [1.29, 1.82) is 0 Å². The molecule has 10 nitrogen and oxygen atoms in total. The molecular weight excluding hydrogens is 753 g/mol. The number of carbonyl (C=O) groups is 4. The monoisotopic (exact) mass is 784 g/mol. The molecule has 0 radical (unpaired) electrons. The van der Waals surface area contributed by atoms with Gasteiger partial charge in [-0.2, -0.15) is 0 Å². The van der Waals surface area contributed by atoms with E-state index in [1.807, 2.05) is 72.8 Å². The summed E-state index contributed by atoms with van der Waals surface area (Å²) in [4.78, 5) is 49.7. The average molecular weight is 785 g/mol. The van der Waals surface area contributed by atoms with Crippen molar-refractivity contribution in [1.82, 2.24) is 0 Å². The third-order valence-corrected chi connectivity index (χ3v) is 11.0. The van der Waals surface area contributed by atoms with Gasteiger partial charge in [0.15, 0.2) is 0 Å². The summed E-state index contributed by atoms with van der Waals surface area (Å²) in [5, 5.41) is 1.65. The normalized spacial score (nSPS) is 10.8. The second kappa shape index (κ2) is 16.3. The van der Waals surface area contributed by atoms with Crippen LogP contribution in [0, 0.1) is 0 Å². The van der Waals surface area contributed by atoms with E-state index in [0.29, 0.717) is 43.6 Å². The summed E-state index contributed by atoms with van der Waals surface area (Å²) in [6.45, 7) is 0. The van der Waals surface area contributed by atoms with Crippen molar-refractivity contribution in [3.05, 3.63) is 142 Å². The lowest BCUT2D eigenvalue weighted by molar-refractivity contribution is 0.0592. The smallest absolute Gasteiger partial charge is 0.348 e. The largest absolute Gasteiger partial charge is 0.465 e. The maximum Gasteiger partial charge on any atom is 0.348 e. The summed E-state index contributed by atoms with van der Waals surface area (Å²) in [5.41, 5.74) is 6.19. The molecule has 0 aliphatic rings. The van der Waals surface area contributed by atoms with Crippen LogP contribution in [0.5, 0.6) is 0 Å². The van der Waals surface area contributed by atoms with Crippen molar-refractivity contribution in [2.24, 2.45) is 0 Å². The molecule has 0 amide bonds. The molecule has 0 saturated heterocycles. The second-order valence-electron chi connectivity index (χ2n) is 12.2. The summed E-state index contributed by atoms with van der Waals surface area (Å²) in [6, 6.07) is 37.3. The van der Waals surface area contributed by atoms with Crippen LogP contribution in [0.3, 0.4) is 0 Å². The van der Waals surface area contributed by atoms with Crippen LogP contribution >= 0.6 is 22.7 Å². The molecule has 280 valence electrons. The number of benzene rings is 4. The highest BCUT2D eigenvalue weighted by atomic mass is 32.1. The molecule has 0 spiro atoms. The third kappa shape index (κ3) is 7.88. The molecule has 56 heavy (non-hydrogen) atoms. The molecule has 0 saturated carbocycles. The second-order valence-corrected chi connectivity index (χ2v) is 14.3. The highest BCUT2D eigenvalue weighted by molar-refractivity contribution is 7.17. The van der Waals surface area contributed by atoms with E-state index in [1.165, 1.54) is 51.1 Å². The van der Waals surface area contributed by atoms with Crippen molar-refractivity contribution >= 4 is 68.5 Å². The summed E-state index contributed by atoms with van der Waals surface area (Å²) in [6.07, 6.45) is 0. The van der Waals surface area contributed by atoms with Crippen LogP contribution < -0.4 is 0 Å². The summed E-state index contributed by atoms with van der Waals surface area (Å²) in [5.74, 6) is -0.0255. The molecule has 0 bridgehead atoms. The molecule has 0 atom stereocenters. The quantitative estimate of drug-likeness (QED) is 0.108. The Kier molecular flexibility index (Phi) is 10.9. The number of ether oxygens (including phenoxy) is 4. The van der Waals surface area contributed by atoms with E-state index >= 15 is 0 Å². The van der Waals surface area contributed by atoms with E-state index in [4.69, 9.17) is 27.8 Å². The summed E-state index contributed by atoms with van der Waals surface area (Å²) >= 11 is 2.80. The van der Waals surface area contributed by atoms with Gasteiger partial charge in [-0.15, -0.1) is 22.7 Å². The Morgan fingerprint density at radius 3 is 1.12 bits per heavy atom. The van der Waals surface area contributed by atoms with Gasteiger partial charge in [0.05, 0.1) is 39.6 Å². The molecule has 8 aromatic rings. The van der Waals surface area contributed by atoms with E-state index in [9.17, 15) is 19.2 Å². The summed E-state index contributed by atoms with van der Waals surface area (Å²) < 4.78 is 30.9. The fourth-order valence-corrected chi connectivity index (χ4v) is 7.72. The molecule has 4 heterocycles. The Hall–Kier alpha value is -6.76. The summed E-state index contributed by atoms with van der Waals surface area (Å²) in [7, 11) is 5.46. The van der Waals surface area contributed by atoms with Gasteiger partial charge < -0.3 is 27.8 Å². The van der Waals surface area contributed by atoms with Gasteiger partial charge in [0.25, 0.3) is 0 Å². The highest BCUT2D eigenvalue weighted by Crippen LogP contribution is 2.35. The third-order valence-electron chi connectivity index (χ3n) is 8.77. The predicted molar refractivity (Wildman–Crippen MR) is 215 cm³/mol. The van der Waals surface area contributed by atoms with E-state index in [0.717, 1.165) is 42.8 Å². The average Bonchev–Trinajstić information content (AvgIpc) is 4.08. The molecule has 0 aliphatic heterocycles. The lowest BCUT2D eigenvalue weighted by Crippen LogP contribution is -1.99. The highest BCUT2D eigenvalue weighted by Gasteiger charge is 2.15. The number of methoxy groups -OCH3 is 4. The lowest BCUT2D eigenvalue weighted by atomic mass is 10.1. The first-order chi connectivity index (χ1) is 27.2. The number of thiophene rings is 2. The zero-order chi connectivity index (χ0) is 39.3. The Balaban J connectivity index is 0.000000179. The predicted octanol–water partition coefficient (Wildman–Crippen LogP) is 10.8. The molecule has 0 aliphatic carbocycles. The first-order valence-electron chi connectivity index (χ1n) is 17.0. The number of esters is 4. The molecule has 0 unspecified atom stereocenters. The van der Waals surface area contributed by atoms with Gasteiger partial charge in [-0.05, 0) is 83.9 Å². The molecule has 0 fully saturated rings. The van der Waals surface area contributed by atoms with Crippen LogP contribution in [0.2, 0.25) is 0 Å². The topological polar surface area (TPSA) is 131 Å². The lowest BCUT2D eigenvalue weighted by Gasteiger charge is -2.01. The van der Waals surface area contributed by atoms with Crippen LogP contribution in [0.4, 0.5) is 0 Å². The zero-order valence-electron chi connectivity index (χ0n) is 30.4. The fraction of sp³-hybridized carbons (Fsp3) is 0.0909. The molecule has 0 N–H and O–H groups in total. The Morgan fingerprint density at radius 2 is 0.768 bits per heavy atom. The molecule has 4 aromatic heterocycles. The van der Waals surface area contributed by atoms with E-state index in [-0.39, 0.29) is 23.9 Å². The van der Waals surface area contributed by atoms with Crippen molar-refractivity contribution < 1.29 is 47.0 Å². The van der Waals surface area contributed by atoms with Crippen molar-refractivity contribution in [3.8, 4) is 43.5 Å². The van der Waals surface area contributed by atoms with Gasteiger partial charge in [0.1, 0.15) is 32.4 Å². The van der Waals surface area contributed by atoms with Gasteiger partial charge in [-0.25, -0.2) is 19.2 Å². The zero-order valence-corrected chi connectivity index (χ0v) is 32.1. The molecule has 12 heteroatoms. The van der Waals surface area contributed by atoms with E-state index in [2.05, 4.69) is 0 Å². The van der Waals surface area contributed by atoms with Gasteiger partial charge in [0, 0.05) is 31.7 Å². The van der Waals surface area contributed by atoms with E-state index < -0.39 is 0 Å². The molecule has 4 aromatic carbocycles. The van der Waals surface area contributed by atoms with Gasteiger partial charge in [-0.3, -0.25) is 0 Å². The minimum absolute atomic E-state index is 0.322.